The quantitative estimate of drug-likeness (QED) is 0.697. The molecule has 0 saturated heterocycles. The zero-order valence-corrected chi connectivity index (χ0v) is 12.4. The van der Waals surface area contributed by atoms with Crippen LogP contribution < -0.4 is 14.8 Å². The molecule has 7 nitrogen and oxygen atoms in total. The number of hydrogen-bond acceptors (Lipinski definition) is 5. The van der Waals surface area contributed by atoms with E-state index in [1.54, 1.807) is 0 Å². The standard InChI is InChI=1S/C12H14BrNO6/c1-19-8-3-6(4-9(20-2)10(8)13)11(16)14-7(5-15)12(17)18/h3-4,7,15H,5H2,1-2H3,(H,14,16)(H,17,18). The van der Waals surface area contributed by atoms with E-state index in [1.165, 1.54) is 26.4 Å². The van der Waals surface area contributed by atoms with E-state index in [0.29, 0.717) is 16.0 Å². The molecule has 0 aliphatic heterocycles. The number of nitrogens with one attached hydrogen (secondary N) is 1. The van der Waals surface area contributed by atoms with Gasteiger partial charge >= 0.3 is 5.97 Å². The Labute approximate surface area is 123 Å². The summed E-state index contributed by atoms with van der Waals surface area (Å²) in [5, 5.41) is 19.9. The lowest BCUT2D eigenvalue weighted by Gasteiger charge is -2.14. The second kappa shape index (κ2) is 7.11. The average molecular weight is 348 g/mol. The minimum Gasteiger partial charge on any atom is -0.495 e. The third-order valence-electron chi connectivity index (χ3n) is 2.49. The van der Waals surface area contributed by atoms with Crippen molar-refractivity contribution in [3.8, 4) is 11.5 Å². The Morgan fingerprint density at radius 1 is 1.30 bits per heavy atom. The molecule has 1 unspecified atom stereocenters. The largest absolute Gasteiger partial charge is 0.495 e. The van der Waals surface area contributed by atoms with Crippen molar-refractivity contribution in [1.29, 1.82) is 0 Å². The van der Waals surface area contributed by atoms with Gasteiger partial charge in [0, 0.05) is 5.56 Å². The summed E-state index contributed by atoms with van der Waals surface area (Å²) < 4.78 is 10.7. The Morgan fingerprint density at radius 2 is 1.80 bits per heavy atom. The molecule has 0 saturated carbocycles. The molecule has 3 N–H and O–H groups in total. The highest BCUT2D eigenvalue weighted by molar-refractivity contribution is 9.10. The third kappa shape index (κ3) is 3.61. The number of benzene rings is 1. The van der Waals surface area contributed by atoms with E-state index in [-0.39, 0.29) is 5.56 Å². The lowest BCUT2D eigenvalue weighted by atomic mass is 10.1. The number of carbonyl (C=O) groups is 2. The van der Waals surface area contributed by atoms with Gasteiger partial charge in [0.25, 0.3) is 5.91 Å². The van der Waals surface area contributed by atoms with Crippen molar-refractivity contribution in [3.05, 3.63) is 22.2 Å². The number of hydrogen-bond donors (Lipinski definition) is 3. The number of aliphatic hydroxyl groups excluding tert-OH is 1. The summed E-state index contributed by atoms with van der Waals surface area (Å²) in [7, 11) is 2.85. The molecular formula is C12H14BrNO6. The van der Waals surface area contributed by atoms with Crippen molar-refractivity contribution >= 4 is 27.8 Å². The molecule has 0 aliphatic carbocycles. The van der Waals surface area contributed by atoms with E-state index >= 15 is 0 Å². The number of carboxylic acids is 1. The number of aliphatic hydroxyl groups is 1. The molecule has 0 spiro atoms. The zero-order chi connectivity index (χ0) is 15.3. The third-order valence-corrected chi connectivity index (χ3v) is 3.28. The van der Waals surface area contributed by atoms with Gasteiger partial charge in [0.05, 0.1) is 20.8 Å². The first-order valence-corrected chi connectivity index (χ1v) is 6.30. The SMILES string of the molecule is COc1cc(C(=O)NC(CO)C(=O)O)cc(OC)c1Br. The van der Waals surface area contributed by atoms with Crippen LogP contribution in [0, 0.1) is 0 Å². The number of rotatable bonds is 6. The Hall–Kier alpha value is -1.80. The number of halogens is 1. The molecule has 1 amide bonds. The topological polar surface area (TPSA) is 105 Å². The summed E-state index contributed by atoms with van der Waals surface area (Å²) in [4.78, 5) is 22.7. The lowest BCUT2D eigenvalue weighted by Crippen LogP contribution is -2.43. The molecule has 1 aromatic rings. The predicted molar refractivity (Wildman–Crippen MR) is 73.2 cm³/mol. The van der Waals surface area contributed by atoms with E-state index in [2.05, 4.69) is 21.2 Å². The van der Waals surface area contributed by atoms with Crippen molar-refractivity contribution in [3.63, 3.8) is 0 Å². The molecule has 8 heteroatoms. The maximum Gasteiger partial charge on any atom is 0.328 e. The zero-order valence-electron chi connectivity index (χ0n) is 10.8. The number of carbonyl (C=O) groups excluding carboxylic acids is 1. The first-order chi connectivity index (χ1) is 9.44. The fraction of sp³-hybridized carbons (Fsp3) is 0.333. The van der Waals surface area contributed by atoms with Crippen LogP contribution >= 0.6 is 15.9 Å². The number of carboxylic acid groups (broad SMARTS) is 1. The fourth-order valence-corrected chi connectivity index (χ4v) is 1.98. The predicted octanol–water partition coefficient (Wildman–Crippen LogP) is 0.642. The van der Waals surface area contributed by atoms with Gasteiger partial charge in [-0.15, -0.1) is 0 Å². The van der Waals surface area contributed by atoms with Gasteiger partial charge in [-0.1, -0.05) is 0 Å². The normalized spacial score (nSPS) is 11.6. The number of aliphatic carboxylic acids is 1. The molecule has 0 aliphatic rings. The van der Waals surface area contributed by atoms with E-state index in [0.717, 1.165) is 0 Å². The van der Waals surface area contributed by atoms with Crippen molar-refractivity contribution in [2.75, 3.05) is 20.8 Å². The molecule has 0 heterocycles. The molecule has 0 radical (unpaired) electrons. The molecule has 0 bridgehead atoms. The van der Waals surface area contributed by atoms with Crippen molar-refractivity contribution in [2.45, 2.75) is 6.04 Å². The summed E-state index contributed by atoms with van der Waals surface area (Å²) in [6.07, 6.45) is 0. The minimum atomic E-state index is -1.37. The van der Waals surface area contributed by atoms with E-state index < -0.39 is 24.5 Å². The van der Waals surface area contributed by atoms with Crippen LogP contribution in [0.4, 0.5) is 0 Å². The van der Waals surface area contributed by atoms with Crippen LogP contribution in [0.15, 0.2) is 16.6 Å². The van der Waals surface area contributed by atoms with Crippen LogP contribution in [0.3, 0.4) is 0 Å². The minimum absolute atomic E-state index is 0.154. The summed E-state index contributed by atoms with van der Waals surface area (Å²) in [6.45, 7) is -0.703. The van der Waals surface area contributed by atoms with Gasteiger partial charge in [0.2, 0.25) is 0 Å². The average Bonchev–Trinajstić information content (AvgIpc) is 2.44. The molecular weight excluding hydrogens is 334 g/mol. The van der Waals surface area contributed by atoms with Crippen LogP contribution in [0.2, 0.25) is 0 Å². The van der Waals surface area contributed by atoms with E-state index in [9.17, 15) is 9.59 Å². The van der Waals surface area contributed by atoms with Gasteiger partial charge in [-0.3, -0.25) is 4.79 Å². The molecule has 0 fully saturated rings. The Kier molecular flexibility index (Phi) is 5.78. The number of ether oxygens (including phenoxy) is 2. The van der Waals surface area contributed by atoms with Crippen LogP contribution in [0.1, 0.15) is 10.4 Å². The summed E-state index contributed by atoms with van der Waals surface area (Å²) in [5.41, 5.74) is 0.154. The molecule has 0 aromatic heterocycles. The Morgan fingerprint density at radius 3 is 2.15 bits per heavy atom. The van der Waals surface area contributed by atoms with Crippen molar-refractivity contribution in [2.24, 2.45) is 0 Å². The summed E-state index contributed by atoms with van der Waals surface area (Å²) in [6, 6.07) is 1.49. The fourth-order valence-electron chi connectivity index (χ4n) is 1.43. The van der Waals surface area contributed by atoms with E-state index in [1.807, 2.05) is 0 Å². The summed E-state index contributed by atoms with van der Waals surface area (Å²) >= 11 is 3.26. The maximum absolute atomic E-state index is 12.0. The highest BCUT2D eigenvalue weighted by Gasteiger charge is 2.21. The number of amides is 1. The van der Waals surface area contributed by atoms with Gasteiger partial charge in [-0.05, 0) is 28.1 Å². The monoisotopic (exact) mass is 347 g/mol. The Bertz CT molecular complexity index is 494. The second-order valence-corrected chi connectivity index (χ2v) is 4.53. The molecule has 20 heavy (non-hydrogen) atoms. The van der Waals surface area contributed by atoms with Gasteiger partial charge in [0.15, 0.2) is 6.04 Å². The molecule has 110 valence electrons. The van der Waals surface area contributed by atoms with Gasteiger partial charge in [0.1, 0.15) is 16.0 Å². The van der Waals surface area contributed by atoms with Gasteiger partial charge in [-0.25, -0.2) is 4.79 Å². The smallest absolute Gasteiger partial charge is 0.328 e. The van der Waals surface area contributed by atoms with Crippen LogP contribution in [-0.2, 0) is 4.79 Å². The second-order valence-electron chi connectivity index (χ2n) is 3.74. The molecule has 1 atom stereocenters. The van der Waals surface area contributed by atoms with Gasteiger partial charge < -0.3 is 25.0 Å². The molecule has 1 aromatic carbocycles. The first kappa shape index (κ1) is 16.3. The highest BCUT2D eigenvalue weighted by atomic mass is 79.9. The van der Waals surface area contributed by atoms with Crippen molar-refractivity contribution < 1.29 is 29.3 Å². The van der Waals surface area contributed by atoms with Crippen LogP contribution in [0.25, 0.3) is 0 Å². The molecule has 1 rings (SSSR count). The van der Waals surface area contributed by atoms with Gasteiger partial charge in [-0.2, -0.15) is 0 Å². The van der Waals surface area contributed by atoms with Crippen LogP contribution in [-0.4, -0.2) is 49.0 Å². The van der Waals surface area contributed by atoms with Crippen LogP contribution in [0.5, 0.6) is 11.5 Å². The van der Waals surface area contributed by atoms with Crippen molar-refractivity contribution in [1.82, 2.24) is 5.32 Å². The lowest BCUT2D eigenvalue weighted by molar-refractivity contribution is -0.140. The maximum atomic E-state index is 12.0. The van der Waals surface area contributed by atoms with E-state index in [4.69, 9.17) is 19.7 Å². The first-order valence-electron chi connectivity index (χ1n) is 5.50. The summed E-state index contributed by atoms with van der Waals surface area (Å²) in [5.74, 6) is -1.25. The Balaban J connectivity index is 3.07. The highest BCUT2D eigenvalue weighted by Crippen LogP contribution is 2.35. The number of methoxy groups -OCH3 is 2.